The van der Waals surface area contributed by atoms with Gasteiger partial charge in [-0.25, -0.2) is 0 Å². The Morgan fingerprint density at radius 3 is 2.71 bits per heavy atom. The van der Waals surface area contributed by atoms with Crippen molar-refractivity contribution in [3.63, 3.8) is 0 Å². The zero-order chi connectivity index (χ0) is 15.1. The maximum Gasteiger partial charge on any atom is 0.161 e. The molecule has 2 N–H and O–H groups in total. The number of thioether (sulfide) groups is 1. The molecule has 2 rings (SSSR count). The van der Waals surface area contributed by atoms with Crippen molar-refractivity contribution in [2.24, 2.45) is 5.92 Å². The first-order valence-corrected chi connectivity index (χ1v) is 8.71. The van der Waals surface area contributed by atoms with Crippen LogP contribution in [0.3, 0.4) is 0 Å². The van der Waals surface area contributed by atoms with Gasteiger partial charge < -0.3 is 19.9 Å². The minimum atomic E-state index is 0.253. The van der Waals surface area contributed by atoms with E-state index in [1.807, 2.05) is 17.8 Å². The summed E-state index contributed by atoms with van der Waals surface area (Å²) in [5, 5.41) is 12.6. The molecule has 2 unspecified atom stereocenters. The maximum atomic E-state index is 9.09. The molecule has 5 heteroatoms. The van der Waals surface area contributed by atoms with Crippen LogP contribution in [0.5, 0.6) is 11.5 Å². The summed E-state index contributed by atoms with van der Waals surface area (Å²) in [5.41, 5.74) is 1.23. The molecule has 1 aliphatic rings. The molecule has 21 heavy (non-hydrogen) atoms. The standard InChI is InChI=1S/C16H25NO3S/c1-3-17-14(11-21-10-12(2)9-18)13-4-5-15-16(8-13)20-7-6-19-15/h4-5,8,12,14,17-18H,3,6-7,9-11H2,1-2H3. The van der Waals surface area contributed by atoms with Gasteiger partial charge in [0.2, 0.25) is 0 Å². The summed E-state index contributed by atoms with van der Waals surface area (Å²) in [5.74, 6) is 3.98. The smallest absolute Gasteiger partial charge is 0.161 e. The molecule has 0 aromatic heterocycles. The van der Waals surface area contributed by atoms with Gasteiger partial charge in [-0.05, 0) is 35.9 Å². The molecule has 118 valence electrons. The predicted molar refractivity (Wildman–Crippen MR) is 87.4 cm³/mol. The van der Waals surface area contributed by atoms with Crippen LogP contribution in [0.15, 0.2) is 18.2 Å². The van der Waals surface area contributed by atoms with Gasteiger partial charge >= 0.3 is 0 Å². The lowest BCUT2D eigenvalue weighted by Crippen LogP contribution is -2.24. The predicted octanol–water partition coefficient (Wildman–Crippen LogP) is 2.47. The van der Waals surface area contributed by atoms with E-state index < -0.39 is 0 Å². The highest BCUT2D eigenvalue weighted by Crippen LogP contribution is 2.33. The molecule has 0 radical (unpaired) electrons. The largest absolute Gasteiger partial charge is 0.486 e. The lowest BCUT2D eigenvalue weighted by Gasteiger charge is -2.23. The summed E-state index contributed by atoms with van der Waals surface area (Å²) < 4.78 is 11.2. The summed E-state index contributed by atoms with van der Waals surface area (Å²) >= 11 is 1.87. The Hall–Kier alpha value is -0.910. The number of rotatable bonds is 8. The van der Waals surface area contributed by atoms with Crippen LogP contribution in [-0.2, 0) is 0 Å². The van der Waals surface area contributed by atoms with Gasteiger partial charge in [0.15, 0.2) is 11.5 Å². The van der Waals surface area contributed by atoms with Crippen LogP contribution < -0.4 is 14.8 Å². The topological polar surface area (TPSA) is 50.7 Å². The molecule has 0 amide bonds. The zero-order valence-electron chi connectivity index (χ0n) is 12.8. The lowest BCUT2D eigenvalue weighted by atomic mass is 10.1. The average molecular weight is 311 g/mol. The quantitative estimate of drug-likeness (QED) is 0.772. The van der Waals surface area contributed by atoms with Gasteiger partial charge in [-0.3, -0.25) is 0 Å². The third kappa shape index (κ3) is 4.80. The number of aliphatic hydroxyl groups excluding tert-OH is 1. The van der Waals surface area contributed by atoms with Crippen molar-refractivity contribution in [2.75, 3.05) is 37.9 Å². The second-order valence-corrected chi connectivity index (χ2v) is 6.41. The summed E-state index contributed by atoms with van der Waals surface area (Å²) in [6.07, 6.45) is 0. The van der Waals surface area contributed by atoms with E-state index in [2.05, 4.69) is 31.3 Å². The van der Waals surface area contributed by atoms with Crippen molar-refractivity contribution >= 4 is 11.8 Å². The molecule has 4 nitrogen and oxygen atoms in total. The van der Waals surface area contributed by atoms with E-state index in [1.54, 1.807) is 0 Å². The van der Waals surface area contributed by atoms with Crippen molar-refractivity contribution in [1.82, 2.24) is 5.32 Å². The normalized spacial score (nSPS) is 16.5. The van der Waals surface area contributed by atoms with Crippen molar-refractivity contribution in [1.29, 1.82) is 0 Å². The Morgan fingerprint density at radius 1 is 1.24 bits per heavy atom. The molecular weight excluding hydrogens is 286 g/mol. The van der Waals surface area contributed by atoms with Crippen LogP contribution >= 0.6 is 11.8 Å². The fraction of sp³-hybridized carbons (Fsp3) is 0.625. The second kappa shape index (κ2) is 8.51. The third-order valence-corrected chi connectivity index (χ3v) is 4.79. The SMILES string of the molecule is CCNC(CSCC(C)CO)c1ccc2c(c1)OCCO2. The molecule has 0 saturated carbocycles. The van der Waals surface area contributed by atoms with E-state index in [1.165, 1.54) is 5.56 Å². The van der Waals surface area contributed by atoms with Crippen LogP contribution in [0.4, 0.5) is 0 Å². The van der Waals surface area contributed by atoms with Gasteiger partial charge in [0.1, 0.15) is 13.2 Å². The van der Waals surface area contributed by atoms with Crippen molar-refractivity contribution in [3.05, 3.63) is 23.8 Å². The highest BCUT2D eigenvalue weighted by atomic mass is 32.2. The van der Waals surface area contributed by atoms with E-state index in [0.717, 1.165) is 29.5 Å². The minimum absolute atomic E-state index is 0.253. The summed E-state index contributed by atoms with van der Waals surface area (Å²) in [6.45, 7) is 6.60. The number of fused-ring (bicyclic) bond motifs is 1. The highest BCUT2D eigenvalue weighted by Gasteiger charge is 2.16. The van der Waals surface area contributed by atoms with Gasteiger partial charge in [-0.15, -0.1) is 0 Å². The summed E-state index contributed by atoms with van der Waals surface area (Å²) in [7, 11) is 0. The third-order valence-electron chi connectivity index (χ3n) is 3.42. The van der Waals surface area contributed by atoms with Crippen LogP contribution in [0.1, 0.15) is 25.5 Å². The summed E-state index contributed by atoms with van der Waals surface area (Å²) in [6, 6.07) is 6.48. The van der Waals surface area contributed by atoms with Crippen LogP contribution in [0, 0.1) is 5.92 Å². The van der Waals surface area contributed by atoms with Gasteiger partial charge in [0, 0.05) is 18.4 Å². The Balaban J connectivity index is 2.00. The number of nitrogens with one attached hydrogen (secondary N) is 1. The maximum absolute atomic E-state index is 9.09. The molecule has 1 aromatic rings. The van der Waals surface area contributed by atoms with Gasteiger partial charge in [0.05, 0.1) is 0 Å². The second-order valence-electron chi connectivity index (χ2n) is 5.34. The fourth-order valence-electron chi connectivity index (χ4n) is 2.24. The van der Waals surface area contributed by atoms with E-state index in [9.17, 15) is 0 Å². The van der Waals surface area contributed by atoms with Gasteiger partial charge in [0.25, 0.3) is 0 Å². The zero-order valence-corrected chi connectivity index (χ0v) is 13.6. The first-order valence-electron chi connectivity index (χ1n) is 7.56. The van der Waals surface area contributed by atoms with Gasteiger partial charge in [-0.2, -0.15) is 11.8 Å². The Labute approximate surface area is 131 Å². The number of benzene rings is 1. The number of aliphatic hydroxyl groups is 1. The first kappa shape index (κ1) is 16.5. The molecule has 1 aliphatic heterocycles. The van der Waals surface area contributed by atoms with Crippen LogP contribution in [-0.4, -0.2) is 43.0 Å². The Kier molecular flexibility index (Phi) is 6.67. The highest BCUT2D eigenvalue weighted by molar-refractivity contribution is 7.99. The number of ether oxygens (including phenoxy) is 2. The molecule has 0 spiro atoms. The van der Waals surface area contributed by atoms with E-state index >= 15 is 0 Å². The summed E-state index contributed by atoms with van der Waals surface area (Å²) in [4.78, 5) is 0. The van der Waals surface area contributed by atoms with Crippen molar-refractivity contribution < 1.29 is 14.6 Å². The average Bonchev–Trinajstić information content (AvgIpc) is 2.53. The molecule has 2 atom stereocenters. The molecule has 0 saturated heterocycles. The molecule has 0 bridgehead atoms. The molecule has 1 aromatic carbocycles. The van der Waals surface area contributed by atoms with Crippen LogP contribution in [0.2, 0.25) is 0 Å². The van der Waals surface area contributed by atoms with Gasteiger partial charge in [-0.1, -0.05) is 19.9 Å². The molecular formula is C16H25NO3S. The van der Waals surface area contributed by atoms with E-state index in [4.69, 9.17) is 14.6 Å². The van der Waals surface area contributed by atoms with E-state index in [0.29, 0.717) is 25.2 Å². The first-order chi connectivity index (χ1) is 10.2. The minimum Gasteiger partial charge on any atom is -0.486 e. The molecule has 1 heterocycles. The van der Waals surface area contributed by atoms with Crippen molar-refractivity contribution in [2.45, 2.75) is 19.9 Å². The monoisotopic (exact) mass is 311 g/mol. The Morgan fingerprint density at radius 2 is 2.00 bits per heavy atom. The molecule has 0 aliphatic carbocycles. The van der Waals surface area contributed by atoms with Crippen molar-refractivity contribution in [3.8, 4) is 11.5 Å². The molecule has 0 fully saturated rings. The number of hydrogen-bond acceptors (Lipinski definition) is 5. The van der Waals surface area contributed by atoms with E-state index in [-0.39, 0.29) is 6.61 Å². The number of hydrogen-bond donors (Lipinski definition) is 2. The Bertz CT molecular complexity index is 442. The fourth-order valence-corrected chi connectivity index (χ4v) is 3.43. The lowest BCUT2D eigenvalue weighted by molar-refractivity contribution is 0.171. The van der Waals surface area contributed by atoms with Crippen LogP contribution in [0.25, 0.3) is 0 Å².